The highest BCUT2D eigenvalue weighted by molar-refractivity contribution is 6.01. The summed E-state index contributed by atoms with van der Waals surface area (Å²) in [7, 11) is 0. The van der Waals surface area contributed by atoms with Crippen LogP contribution < -0.4 is 4.90 Å². The summed E-state index contributed by atoms with van der Waals surface area (Å²) < 4.78 is 0. The summed E-state index contributed by atoms with van der Waals surface area (Å²) in [6, 6.07) is 18.7. The van der Waals surface area contributed by atoms with Crippen molar-refractivity contribution in [2.24, 2.45) is 0 Å². The van der Waals surface area contributed by atoms with Gasteiger partial charge in [0.25, 0.3) is 0 Å². The van der Waals surface area contributed by atoms with Crippen molar-refractivity contribution < 1.29 is 9.59 Å². The summed E-state index contributed by atoms with van der Waals surface area (Å²) in [5.41, 5.74) is 6.24. The average Bonchev–Trinajstić information content (AvgIpc) is 3.24. The van der Waals surface area contributed by atoms with Crippen molar-refractivity contribution >= 4 is 17.3 Å². The van der Waals surface area contributed by atoms with Gasteiger partial charge >= 0.3 is 0 Å². The van der Waals surface area contributed by atoms with Crippen LogP contribution in [-0.2, 0) is 4.79 Å². The number of ketones is 2. The Morgan fingerprint density at radius 2 is 1.77 bits per heavy atom. The van der Waals surface area contributed by atoms with E-state index < -0.39 is 0 Å². The van der Waals surface area contributed by atoms with Gasteiger partial charge in [-0.05, 0) is 55.5 Å². The molecule has 0 radical (unpaired) electrons. The monoisotopic (exact) mass is 399 g/mol. The predicted molar refractivity (Wildman–Crippen MR) is 122 cm³/mol. The first-order valence-electron chi connectivity index (χ1n) is 10.8. The highest BCUT2D eigenvalue weighted by Crippen LogP contribution is 2.31. The molecule has 0 bridgehead atoms. The minimum atomic E-state index is 0.109. The minimum absolute atomic E-state index is 0.109. The van der Waals surface area contributed by atoms with E-state index in [2.05, 4.69) is 47.4 Å². The zero-order chi connectivity index (χ0) is 21.1. The maximum absolute atomic E-state index is 12.7. The van der Waals surface area contributed by atoms with Gasteiger partial charge in [-0.15, -0.1) is 0 Å². The van der Waals surface area contributed by atoms with Crippen LogP contribution in [0, 0.1) is 0 Å². The Balaban J connectivity index is 1.36. The van der Waals surface area contributed by atoms with Crippen molar-refractivity contribution in [3.8, 4) is 0 Å². The van der Waals surface area contributed by atoms with Crippen LogP contribution in [0.15, 0.2) is 77.4 Å². The van der Waals surface area contributed by atoms with Crippen molar-refractivity contribution in [2.45, 2.75) is 45.4 Å². The van der Waals surface area contributed by atoms with Gasteiger partial charge in [0.15, 0.2) is 11.6 Å². The SMILES string of the molecule is CC1=CC(C)=C(CCC(=O)c2ccc(C3CCN(c4ccccc4)C3)cc2)C(=O)C1. The molecule has 1 saturated heterocycles. The standard InChI is InChI=1S/C27H29NO2/c1-19-16-20(2)25(27(30)17-19)12-13-26(29)22-10-8-21(9-11-22)23-14-15-28(18-23)24-6-4-3-5-7-24/h3-11,16,23H,12-15,17-18H2,1-2H3. The van der Waals surface area contributed by atoms with Crippen LogP contribution in [0.1, 0.15) is 61.4 Å². The Morgan fingerprint density at radius 1 is 1.03 bits per heavy atom. The van der Waals surface area contributed by atoms with E-state index in [0.717, 1.165) is 41.8 Å². The fourth-order valence-corrected chi connectivity index (χ4v) is 4.65. The number of hydrogen-bond donors (Lipinski definition) is 0. The van der Waals surface area contributed by atoms with Crippen LogP contribution in [0.3, 0.4) is 0 Å². The normalized spacial score (nSPS) is 19.3. The smallest absolute Gasteiger partial charge is 0.163 e. The topological polar surface area (TPSA) is 37.4 Å². The highest BCUT2D eigenvalue weighted by atomic mass is 16.1. The number of Topliss-reactive ketones (excluding diaryl/α,β-unsaturated/α-hetero) is 2. The number of para-hydroxylation sites is 1. The average molecular weight is 400 g/mol. The van der Waals surface area contributed by atoms with Crippen molar-refractivity contribution in [3.05, 3.63) is 88.5 Å². The quantitative estimate of drug-likeness (QED) is 0.569. The Hall–Kier alpha value is -2.94. The van der Waals surface area contributed by atoms with E-state index >= 15 is 0 Å². The Labute approximate surface area is 179 Å². The fourth-order valence-electron chi connectivity index (χ4n) is 4.65. The van der Waals surface area contributed by atoms with Gasteiger partial charge < -0.3 is 4.90 Å². The van der Waals surface area contributed by atoms with E-state index in [9.17, 15) is 9.59 Å². The second kappa shape index (κ2) is 8.83. The third-order valence-electron chi connectivity index (χ3n) is 6.33. The van der Waals surface area contributed by atoms with Crippen molar-refractivity contribution in [1.29, 1.82) is 0 Å². The molecule has 1 aliphatic heterocycles. The highest BCUT2D eigenvalue weighted by Gasteiger charge is 2.24. The summed E-state index contributed by atoms with van der Waals surface area (Å²) >= 11 is 0. The Morgan fingerprint density at radius 3 is 2.47 bits per heavy atom. The van der Waals surface area contributed by atoms with Gasteiger partial charge in [0.2, 0.25) is 0 Å². The molecule has 1 heterocycles. The molecule has 2 aromatic rings. The molecule has 3 heteroatoms. The minimum Gasteiger partial charge on any atom is -0.371 e. The molecule has 154 valence electrons. The molecular formula is C27H29NO2. The lowest BCUT2D eigenvalue weighted by molar-refractivity contribution is -0.115. The largest absolute Gasteiger partial charge is 0.371 e. The lowest BCUT2D eigenvalue weighted by atomic mass is 9.88. The lowest BCUT2D eigenvalue weighted by Gasteiger charge is -2.18. The molecule has 0 saturated carbocycles. The number of carbonyl (C=O) groups is 2. The van der Waals surface area contributed by atoms with Gasteiger partial charge in [-0.3, -0.25) is 9.59 Å². The summed E-state index contributed by atoms with van der Waals surface area (Å²) in [4.78, 5) is 27.4. The number of benzene rings is 2. The number of anilines is 1. The van der Waals surface area contributed by atoms with Gasteiger partial charge in [-0.1, -0.05) is 54.1 Å². The molecule has 1 unspecified atom stereocenters. The summed E-state index contributed by atoms with van der Waals surface area (Å²) in [6.07, 6.45) is 4.59. The van der Waals surface area contributed by atoms with Crippen molar-refractivity contribution in [2.75, 3.05) is 18.0 Å². The fraction of sp³-hybridized carbons (Fsp3) is 0.333. The van der Waals surface area contributed by atoms with Crippen molar-refractivity contribution in [1.82, 2.24) is 0 Å². The Kier molecular flexibility index (Phi) is 5.98. The molecule has 0 spiro atoms. The van der Waals surface area contributed by atoms with Gasteiger partial charge in [-0.2, -0.15) is 0 Å². The molecule has 0 amide bonds. The zero-order valence-corrected chi connectivity index (χ0v) is 17.9. The van der Waals surface area contributed by atoms with E-state index in [1.54, 1.807) is 0 Å². The van der Waals surface area contributed by atoms with Gasteiger partial charge in [0.1, 0.15) is 0 Å². The van der Waals surface area contributed by atoms with Crippen LogP contribution in [0.5, 0.6) is 0 Å². The first-order valence-corrected chi connectivity index (χ1v) is 10.8. The zero-order valence-electron chi connectivity index (χ0n) is 17.9. The number of allylic oxidation sites excluding steroid dienone is 4. The van der Waals surface area contributed by atoms with Crippen LogP contribution in [0.2, 0.25) is 0 Å². The summed E-state index contributed by atoms with van der Waals surface area (Å²) in [5, 5.41) is 0. The predicted octanol–water partition coefficient (Wildman–Crippen LogP) is 5.88. The Bertz CT molecular complexity index is 999. The third-order valence-corrected chi connectivity index (χ3v) is 6.33. The molecule has 2 aliphatic rings. The maximum atomic E-state index is 12.7. The van der Waals surface area contributed by atoms with Crippen LogP contribution >= 0.6 is 0 Å². The molecule has 3 nitrogen and oxygen atoms in total. The molecule has 1 aliphatic carbocycles. The van der Waals surface area contributed by atoms with Gasteiger partial charge in [-0.25, -0.2) is 0 Å². The van der Waals surface area contributed by atoms with E-state index in [4.69, 9.17) is 0 Å². The van der Waals surface area contributed by atoms with Crippen molar-refractivity contribution in [3.63, 3.8) is 0 Å². The molecule has 2 aromatic carbocycles. The lowest BCUT2D eigenvalue weighted by Crippen LogP contribution is -2.18. The first-order chi connectivity index (χ1) is 14.5. The second-order valence-electron chi connectivity index (χ2n) is 8.56. The molecule has 30 heavy (non-hydrogen) atoms. The van der Waals surface area contributed by atoms with E-state index in [-0.39, 0.29) is 11.6 Å². The van der Waals surface area contributed by atoms with Gasteiger partial charge in [0, 0.05) is 43.1 Å². The summed E-state index contributed by atoms with van der Waals surface area (Å²) in [6.45, 7) is 6.02. The van der Waals surface area contributed by atoms with E-state index in [0.29, 0.717) is 25.2 Å². The second-order valence-corrected chi connectivity index (χ2v) is 8.56. The van der Waals surface area contributed by atoms with Crippen LogP contribution in [0.4, 0.5) is 5.69 Å². The molecule has 1 fully saturated rings. The number of carbonyl (C=O) groups excluding carboxylic acids is 2. The van der Waals surface area contributed by atoms with Gasteiger partial charge in [0.05, 0.1) is 0 Å². The maximum Gasteiger partial charge on any atom is 0.163 e. The summed E-state index contributed by atoms with van der Waals surface area (Å²) in [5.74, 6) is 0.773. The van der Waals surface area contributed by atoms with Crippen LogP contribution in [0.25, 0.3) is 0 Å². The molecule has 0 aromatic heterocycles. The first kappa shape index (κ1) is 20.3. The van der Waals surface area contributed by atoms with Crippen LogP contribution in [-0.4, -0.2) is 24.7 Å². The molecular weight excluding hydrogens is 370 g/mol. The molecule has 4 rings (SSSR count). The molecule has 0 N–H and O–H groups in total. The number of hydrogen-bond acceptors (Lipinski definition) is 3. The number of nitrogens with zero attached hydrogens (tertiary/aromatic N) is 1. The number of rotatable bonds is 6. The molecule has 1 atom stereocenters. The van der Waals surface area contributed by atoms with E-state index in [1.165, 1.54) is 11.3 Å². The third kappa shape index (κ3) is 4.46. The van der Waals surface area contributed by atoms with E-state index in [1.807, 2.05) is 32.0 Å².